The third-order valence-electron chi connectivity index (χ3n) is 6.47. The maximum atomic E-state index is 13.3. The summed E-state index contributed by atoms with van der Waals surface area (Å²) in [5.74, 6) is 2.15. The van der Waals surface area contributed by atoms with Gasteiger partial charge in [0.2, 0.25) is 5.91 Å². The molecule has 1 amide bonds. The van der Waals surface area contributed by atoms with Gasteiger partial charge in [-0.05, 0) is 67.6 Å². The van der Waals surface area contributed by atoms with E-state index in [1.807, 2.05) is 12.1 Å². The number of hydrogen-bond acceptors (Lipinski definition) is 1. The van der Waals surface area contributed by atoms with Crippen molar-refractivity contribution in [1.29, 1.82) is 0 Å². The first-order valence-electron chi connectivity index (χ1n) is 9.26. The van der Waals surface area contributed by atoms with Crippen LogP contribution in [-0.2, 0) is 4.79 Å². The Morgan fingerprint density at radius 3 is 2.39 bits per heavy atom. The third-order valence-corrected chi connectivity index (χ3v) is 6.47. The molecule has 0 unspecified atom stereocenters. The molecule has 3 fully saturated rings. The number of carbonyl (C=O) groups is 1. The highest BCUT2D eigenvalue weighted by Crippen LogP contribution is 2.48. The van der Waals surface area contributed by atoms with Crippen molar-refractivity contribution in [3.63, 3.8) is 0 Å². The molecule has 2 bridgehead atoms. The number of benzene rings is 1. The van der Waals surface area contributed by atoms with Gasteiger partial charge in [0, 0.05) is 5.92 Å². The van der Waals surface area contributed by atoms with Gasteiger partial charge in [-0.1, -0.05) is 31.4 Å². The number of amides is 1. The highest BCUT2D eigenvalue weighted by Gasteiger charge is 2.43. The van der Waals surface area contributed by atoms with Crippen LogP contribution in [0.2, 0.25) is 0 Å². The zero-order valence-electron chi connectivity index (χ0n) is 13.6. The van der Waals surface area contributed by atoms with Crippen LogP contribution in [0.25, 0.3) is 0 Å². The van der Waals surface area contributed by atoms with Crippen LogP contribution in [0.3, 0.4) is 0 Å². The van der Waals surface area contributed by atoms with Gasteiger partial charge < -0.3 is 5.32 Å². The highest BCUT2D eigenvalue weighted by atomic mass is 19.1. The molecule has 0 heterocycles. The standard InChI is InChI=1S/C20H26FNO/c21-17-9-7-15(8-10-17)19(14-3-1-2-4-14)22-20(23)18-12-13-5-6-16(18)11-13/h7-10,13-14,16,18-19H,1-6,11-12H2,(H,22,23)/t13-,16-,18-,19-/m0/s1. The number of rotatable bonds is 4. The third kappa shape index (κ3) is 3.02. The lowest BCUT2D eigenvalue weighted by Crippen LogP contribution is -2.38. The van der Waals surface area contributed by atoms with Crippen molar-refractivity contribution in [3.05, 3.63) is 35.6 Å². The summed E-state index contributed by atoms with van der Waals surface area (Å²) in [4.78, 5) is 12.9. The Balaban J connectivity index is 1.51. The average Bonchev–Trinajstić information content (AvgIpc) is 3.30. The molecule has 3 saturated carbocycles. The number of halogens is 1. The van der Waals surface area contributed by atoms with Gasteiger partial charge in [-0.25, -0.2) is 4.39 Å². The van der Waals surface area contributed by atoms with E-state index in [1.165, 1.54) is 57.1 Å². The molecule has 0 radical (unpaired) electrons. The van der Waals surface area contributed by atoms with E-state index in [0.29, 0.717) is 11.8 Å². The second-order valence-electron chi connectivity index (χ2n) is 7.86. The van der Waals surface area contributed by atoms with E-state index in [1.54, 1.807) is 0 Å². The Hall–Kier alpha value is -1.38. The lowest BCUT2D eigenvalue weighted by Gasteiger charge is -2.29. The van der Waals surface area contributed by atoms with Crippen molar-refractivity contribution in [2.75, 3.05) is 0 Å². The monoisotopic (exact) mass is 315 g/mol. The van der Waals surface area contributed by atoms with E-state index in [4.69, 9.17) is 0 Å². The minimum Gasteiger partial charge on any atom is -0.349 e. The van der Waals surface area contributed by atoms with Crippen LogP contribution in [0.5, 0.6) is 0 Å². The van der Waals surface area contributed by atoms with Crippen LogP contribution in [0.15, 0.2) is 24.3 Å². The lowest BCUT2D eigenvalue weighted by molar-refractivity contribution is -0.127. The van der Waals surface area contributed by atoms with Crippen molar-refractivity contribution in [2.24, 2.45) is 23.7 Å². The summed E-state index contributed by atoms with van der Waals surface area (Å²) < 4.78 is 13.3. The van der Waals surface area contributed by atoms with Crippen molar-refractivity contribution in [3.8, 4) is 0 Å². The predicted octanol–water partition coefficient (Wildman–Crippen LogP) is 4.61. The quantitative estimate of drug-likeness (QED) is 0.864. The summed E-state index contributed by atoms with van der Waals surface area (Å²) in [6.07, 6.45) is 9.70. The Morgan fingerprint density at radius 2 is 1.78 bits per heavy atom. The molecule has 0 spiro atoms. The van der Waals surface area contributed by atoms with Gasteiger partial charge in [0.05, 0.1) is 6.04 Å². The molecule has 0 saturated heterocycles. The molecule has 124 valence electrons. The first-order chi connectivity index (χ1) is 11.2. The lowest BCUT2D eigenvalue weighted by atomic mass is 9.86. The Bertz CT molecular complexity index is 564. The maximum Gasteiger partial charge on any atom is 0.223 e. The van der Waals surface area contributed by atoms with Gasteiger partial charge in [-0.2, -0.15) is 0 Å². The number of fused-ring (bicyclic) bond motifs is 2. The zero-order valence-corrected chi connectivity index (χ0v) is 13.6. The van der Waals surface area contributed by atoms with Crippen LogP contribution in [0.4, 0.5) is 4.39 Å². The molecule has 0 aliphatic heterocycles. The maximum absolute atomic E-state index is 13.3. The van der Waals surface area contributed by atoms with Crippen LogP contribution in [0.1, 0.15) is 63.0 Å². The van der Waals surface area contributed by atoms with Crippen molar-refractivity contribution < 1.29 is 9.18 Å². The number of carbonyl (C=O) groups excluding carboxylic acids is 1. The van der Waals surface area contributed by atoms with Crippen molar-refractivity contribution in [1.82, 2.24) is 5.32 Å². The first-order valence-corrected chi connectivity index (χ1v) is 9.26. The van der Waals surface area contributed by atoms with E-state index in [9.17, 15) is 9.18 Å². The molecular weight excluding hydrogens is 289 g/mol. The van der Waals surface area contributed by atoms with Crippen molar-refractivity contribution >= 4 is 5.91 Å². The molecule has 3 heteroatoms. The molecule has 0 aromatic heterocycles. The predicted molar refractivity (Wildman–Crippen MR) is 88.2 cm³/mol. The van der Waals surface area contributed by atoms with Crippen LogP contribution >= 0.6 is 0 Å². The van der Waals surface area contributed by atoms with Crippen LogP contribution in [-0.4, -0.2) is 5.91 Å². The molecule has 4 atom stereocenters. The molecule has 1 aromatic rings. The summed E-state index contributed by atoms with van der Waals surface area (Å²) in [5, 5.41) is 3.36. The first kappa shape index (κ1) is 15.2. The summed E-state index contributed by atoms with van der Waals surface area (Å²) in [6.45, 7) is 0. The number of hydrogen-bond donors (Lipinski definition) is 1. The minimum atomic E-state index is -0.210. The van der Waals surface area contributed by atoms with Gasteiger partial charge in [-0.3, -0.25) is 4.79 Å². The summed E-state index contributed by atoms with van der Waals surface area (Å²) >= 11 is 0. The summed E-state index contributed by atoms with van der Waals surface area (Å²) in [5.41, 5.74) is 1.06. The van der Waals surface area contributed by atoms with Gasteiger partial charge >= 0.3 is 0 Å². The Labute approximate surface area is 137 Å². The highest BCUT2D eigenvalue weighted by molar-refractivity contribution is 5.80. The van der Waals surface area contributed by atoms with E-state index >= 15 is 0 Å². The zero-order chi connectivity index (χ0) is 15.8. The second kappa shape index (κ2) is 6.26. The molecule has 3 aliphatic carbocycles. The summed E-state index contributed by atoms with van der Waals surface area (Å²) in [7, 11) is 0. The fourth-order valence-corrected chi connectivity index (χ4v) is 5.26. The molecule has 3 aliphatic rings. The van der Waals surface area contributed by atoms with Gasteiger partial charge in [-0.15, -0.1) is 0 Å². The second-order valence-corrected chi connectivity index (χ2v) is 7.86. The molecular formula is C20H26FNO. The van der Waals surface area contributed by atoms with Crippen LogP contribution in [0, 0.1) is 29.5 Å². The SMILES string of the molecule is O=C(N[C@H](c1ccc(F)cc1)C1CCCC1)[C@H]1C[C@H]2CC[C@H]1C2. The fourth-order valence-electron chi connectivity index (χ4n) is 5.26. The summed E-state index contributed by atoms with van der Waals surface area (Å²) in [6, 6.07) is 6.78. The van der Waals surface area contributed by atoms with Crippen LogP contribution < -0.4 is 5.32 Å². The average molecular weight is 315 g/mol. The molecule has 23 heavy (non-hydrogen) atoms. The molecule has 1 N–H and O–H groups in total. The Morgan fingerprint density at radius 1 is 1.04 bits per heavy atom. The van der Waals surface area contributed by atoms with Gasteiger partial charge in [0.25, 0.3) is 0 Å². The van der Waals surface area contributed by atoms with E-state index in [-0.39, 0.29) is 23.7 Å². The molecule has 1 aromatic carbocycles. The van der Waals surface area contributed by atoms with E-state index in [2.05, 4.69) is 5.32 Å². The Kier molecular flexibility index (Phi) is 4.13. The number of nitrogens with one attached hydrogen (secondary N) is 1. The van der Waals surface area contributed by atoms with Gasteiger partial charge in [0.15, 0.2) is 0 Å². The smallest absolute Gasteiger partial charge is 0.223 e. The molecule has 4 rings (SSSR count). The van der Waals surface area contributed by atoms with E-state index < -0.39 is 0 Å². The minimum absolute atomic E-state index is 0.0599. The van der Waals surface area contributed by atoms with E-state index in [0.717, 1.165) is 17.9 Å². The topological polar surface area (TPSA) is 29.1 Å². The largest absolute Gasteiger partial charge is 0.349 e. The fraction of sp³-hybridized carbons (Fsp3) is 0.650. The van der Waals surface area contributed by atoms with Crippen molar-refractivity contribution in [2.45, 2.75) is 57.4 Å². The molecule has 2 nitrogen and oxygen atoms in total. The normalized spacial score (nSPS) is 31.4. The van der Waals surface area contributed by atoms with Gasteiger partial charge in [0.1, 0.15) is 5.82 Å².